The number of hydrogen-bond donors (Lipinski definition) is 0. The summed E-state index contributed by atoms with van der Waals surface area (Å²) in [5.41, 5.74) is 11.7. The molecule has 0 fully saturated rings. The minimum absolute atomic E-state index is 0.512. The van der Waals surface area contributed by atoms with Gasteiger partial charge >= 0.3 is 37.9 Å². The van der Waals surface area contributed by atoms with Crippen LogP contribution in [-0.2, 0) is 20.8 Å². The van der Waals surface area contributed by atoms with Gasteiger partial charge in [-0.3, -0.25) is 0 Å². The third kappa shape index (κ3) is 14.8. The van der Waals surface area contributed by atoms with Gasteiger partial charge in [0, 0.05) is 9.52 Å². The molecule has 0 aliphatic rings. The summed E-state index contributed by atoms with van der Waals surface area (Å²) in [6, 6.07) is 34.3. The molecule has 0 atom stereocenters. The number of rotatable bonds is 10. The van der Waals surface area contributed by atoms with Crippen LogP contribution in [0.1, 0.15) is 101 Å². The van der Waals surface area contributed by atoms with Crippen LogP contribution in [0.15, 0.2) is 84.9 Å². The molecule has 0 amide bonds. The molecule has 0 unspecified atom stereocenters. The number of hydrogen-bond acceptors (Lipinski definition) is 0. The van der Waals surface area contributed by atoms with E-state index in [4.69, 9.17) is 17.0 Å². The van der Waals surface area contributed by atoms with Crippen molar-refractivity contribution in [3.63, 3.8) is 0 Å². The van der Waals surface area contributed by atoms with Gasteiger partial charge < -0.3 is 0 Å². The molecule has 0 heterocycles. The Morgan fingerprint density at radius 1 is 0.422 bits per heavy atom. The molecule has 346 valence electrons. The minimum atomic E-state index is -1.41. The topological polar surface area (TPSA) is 0 Å². The average molecular weight is 1060 g/mol. The molecular formula is C56H84Cl2Si5Zr. The summed E-state index contributed by atoms with van der Waals surface area (Å²) >= 11 is -0.826. The Kier molecular flexibility index (Phi) is 20.7. The quantitative estimate of drug-likeness (QED) is 0.0947. The SMILES string of the molecule is CC(C)c1cc2c(-c3cc([Si](C)(C)C)cc([Si](C)(C)C)c3)c(C(C)C)ccc2[cH-]1.CC(C)c1cc2c(-c3cc([Si](C)(C)C)cc([Si](C)(C)C)c3)c(C(C)C)ccc2[cH-]1.C[Si]C.[Cl][Zr+2][Cl]. The predicted molar refractivity (Wildman–Crippen MR) is 307 cm³/mol. The van der Waals surface area contributed by atoms with E-state index in [2.05, 4.69) is 232 Å². The molecule has 6 aromatic carbocycles. The molecule has 6 aromatic rings. The van der Waals surface area contributed by atoms with Crippen molar-refractivity contribution in [2.75, 3.05) is 0 Å². The van der Waals surface area contributed by atoms with Crippen LogP contribution >= 0.6 is 17.0 Å². The Bertz CT molecular complexity index is 2200. The van der Waals surface area contributed by atoms with Crippen LogP contribution in [-0.4, -0.2) is 41.8 Å². The van der Waals surface area contributed by atoms with Crippen LogP contribution in [0.2, 0.25) is 91.7 Å². The monoisotopic (exact) mass is 1060 g/mol. The summed E-state index contributed by atoms with van der Waals surface area (Å²) in [4.78, 5) is 0. The summed E-state index contributed by atoms with van der Waals surface area (Å²) in [5.74, 6) is 2.14. The fourth-order valence-electron chi connectivity index (χ4n) is 8.19. The zero-order valence-corrected chi connectivity index (χ0v) is 53.1. The molecule has 0 saturated heterocycles. The Balaban J connectivity index is 0.000000303. The third-order valence-corrected chi connectivity index (χ3v) is 20.5. The summed E-state index contributed by atoms with van der Waals surface area (Å²) in [5, 5.41) is 12.0. The van der Waals surface area contributed by atoms with Crippen LogP contribution < -0.4 is 20.7 Å². The van der Waals surface area contributed by atoms with Gasteiger partial charge in [-0.1, -0.05) is 226 Å². The van der Waals surface area contributed by atoms with Gasteiger partial charge in [-0.05, 0) is 34.8 Å². The molecular weight excluding hydrogens is 975 g/mol. The zero-order chi connectivity index (χ0) is 48.9. The maximum absolute atomic E-state index is 4.93. The molecule has 0 N–H and O–H groups in total. The fourth-order valence-corrected chi connectivity index (χ4v) is 13.2. The van der Waals surface area contributed by atoms with E-state index in [1.54, 1.807) is 20.7 Å². The van der Waals surface area contributed by atoms with Gasteiger partial charge in [-0.2, -0.15) is 12.1 Å². The second kappa shape index (κ2) is 23.3. The van der Waals surface area contributed by atoms with Crippen molar-refractivity contribution < 1.29 is 20.8 Å². The Labute approximate surface area is 418 Å². The number of benzene rings is 4. The molecule has 2 radical (unpaired) electrons. The van der Waals surface area contributed by atoms with Crippen LogP contribution in [0.3, 0.4) is 0 Å². The average Bonchev–Trinajstić information content (AvgIpc) is 3.82. The number of fused-ring (bicyclic) bond motifs is 2. The summed E-state index contributed by atoms with van der Waals surface area (Å²) in [7, 11) is 5.31. The Morgan fingerprint density at radius 3 is 0.875 bits per heavy atom. The van der Waals surface area contributed by atoms with Crippen LogP contribution in [0.25, 0.3) is 43.8 Å². The summed E-state index contributed by atoms with van der Waals surface area (Å²) < 4.78 is 0. The molecule has 0 bridgehead atoms. The van der Waals surface area contributed by atoms with Gasteiger partial charge in [-0.25, -0.2) is 0 Å². The van der Waals surface area contributed by atoms with Crippen molar-refractivity contribution in [3.05, 3.63) is 107 Å². The Morgan fingerprint density at radius 2 is 0.672 bits per heavy atom. The first-order valence-electron chi connectivity index (χ1n) is 23.7. The van der Waals surface area contributed by atoms with E-state index in [0.717, 1.165) is 9.52 Å². The molecule has 0 aliphatic heterocycles. The fraction of sp³-hybridized carbons (Fsp3) is 0.464. The molecule has 8 heteroatoms. The maximum atomic E-state index is 4.93. The molecule has 0 aromatic heterocycles. The van der Waals surface area contributed by atoms with Gasteiger partial charge in [0.15, 0.2) is 0 Å². The second-order valence-corrected chi connectivity index (χ2v) is 48.5. The molecule has 0 nitrogen and oxygen atoms in total. The summed E-state index contributed by atoms with van der Waals surface area (Å²) in [6.45, 7) is 52.5. The van der Waals surface area contributed by atoms with E-state index in [1.807, 2.05) is 0 Å². The predicted octanol–water partition coefficient (Wildman–Crippen LogP) is 17.3. The van der Waals surface area contributed by atoms with Gasteiger partial charge in [0.25, 0.3) is 0 Å². The van der Waals surface area contributed by atoms with Crippen molar-refractivity contribution in [1.29, 1.82) is 0 Å². The van der Waals surface area contributed by atoms with E-state index in [0.29, 0.717) is 23.7 Å². The van der Waals surface area contributed by atoms with Gasteiger partial charge in [-0.15, -0.1) is 69.1 Å². The molecule has 0 aliphatic carbocycles. The second-order valence-electron chi connectivity index (χ2n) is 23.4. The first-order valence-corrected chi connectivity index (χ1v) is 46.1. The van der Waals surface area contributed by atoms with Gasteiger partial charge in [0.05, 0.1) is 32.3 Å². The van der Waals surface area contributed by atoms with E-state index in [9.17, 15) is 0 Å². The summed E-state index contributed by atoms with van der Waals surface area (Å²) in [6.07, 6.45) is 0. The first kappa shape index (κ1) is 57.0. The van der Waals surface area contributed by atoms with Crippen LogP contribution in [0.5, 0.6) is 0 Å². The van der Waals surface area contributed by atoms with Crippen molar-refractivity contribution in [1.82, 2.24) is 0 Å². The number of halogens is 2. The molecule has 0 saturated carbocycles. The first-order chi connectivity index (χ1) is 29.4. The normalized spacial score (nSPS) is 12.3. The van der Waals surface area contributed by atoms with Gasteiger partial charge in [0.2, 0.25) is 0 Å². The molecule has 0 spiro atoms. The van der Waals surface area contributed by atoms with Gasteiger partial charge in [0.1, 0.15) is 0 Å². The van der Waals surface area contributed by atoms with Crippen LogP contribution in [0, 0.1) is 0 Å². The van der Waals surface area contributed by atoms with E-state index < -0.39 is 53.1 Å². The molecule has 64 heavy (non-hydrogen) atoms. The van der Waals surface area contributed by atoms with Crippen molar-refractivity contribution >= 4 is 101 Å². The van der Waals surface area contributed by atoms with Crippen molar-refractivity contribution in [2.45, 2.75) is 171 Å². The zero-order valence-electron chi connectivity index (χ0n) is 44.1. The molecule has 6 rings (SSSR count). The van der Waals surface area contributed by atoms with Crippen molar-refractivity contribution in [3.8, 4) is 22.3 Å². The standard InChI is InChI=1S/2C27H39Si2.C2H6Si.2ClH.Zr/c2*1-18(2)21-13-20-11-12-25(19(3)4)27(26(20)16-21)22-14-23(28(5,6)7)17-24(15-22)29(8,9)10;1-3-2;;;/h2*11-19H,1-10H3;1-2H3;2*1H;/q2*-1;;;;+4/p-2. The Hall–Kier alpha value is -1.35. The van der Waals surface area contributed by atoms with E-state index in [1.165, 1.54) is 66.1 Å². The van der Waals surface area contributed by atoms with E-state index in [-0.39, 0.29) is 0 Å². The van der Waals surface area contributed by atoms with E-state index >= 15 is 0 Å². The van der Waals surface area contributed by atoms with Crippen LogP contribution in [0.4, 0.5) is 0 Å². The van der Waals surface area contributed by atoms with Crippen molar-refractivity contribution in [2.24, 2.45) is 0 Å². The third-order valence-electron chi connectivity index (χ3n) is 12.4.